The molecule has 22 heavy (non-hydrogen) atoms. The zero-order valence-electron chi connectivity index (χ0n) is 13.8. The highest BCUT2D eigenvalue weighted by Crippen LogP contribution is 2.19. The standard InChI is InChI=1S/C18H26N4/c1-4-5-6-12-19-17-11-13-20-18(22-17)21-16-9-7-15(8-10-16)14(2)3/h7-11,13-14H,4-6,12H2,1-3H3,(H2,19,20,21,22). The van der Waals surface area contributed by atoms with Crippen molar-refractivity contribution in [1.82, 2.24) is 9.97 Å². The second-order valence-electron chi connectivity index (χ2n) is 5.80. The number of hydrogen-bond acceptors (Lipinski definition) is 4. The third kappa shape index (κ3) is 5.02. The topological polar surface area (TPSA) is 49.8 Å². The molecule has 1 aromatic heterocycles. The summed E-state index contributed by atoms with van der Waals surface area (Å²) in [5.41, 5.74) is 2.34. The van der Waals surface area contributed by atoms with Gasteiger partial charge >= 0.3 is 0 Å². The molecule has 0 saturated carbocycles. The molecule has 4 heteroatoms. The Kier molecular flexibility index (Phi) is 6.19. The zero-order chi connectivity index (χ0) is 15.8. The van der Waals surface area contributed by atoms with E-state index in [0.29, 0.717) is 11.9 Å². The van der Waals surface area contributed by atoms with E-state index in [1.807, 2.05) is 6.07 Å². The van der Waals surface area contributed by atoms with E-state index in [1.165, 1.54) is 24.8 Å². The minimum atomic E-state index is 0.543. The lowest BCUT2D eigenvalue weighted by atomic mass is 10.0. The average Bonchev–Trinajstić information content (AvgIpc) is 2.52. The lowest BCUT2D eigenvalue weighted by molar-refractivity contribution is 0.742. The number of rotatable bonds is 8. The second kappa shape index (κ2) is 8.37. The first kappa shape index (κ1) is 16.3. The van der Waals surface area contributed by atoms with E-state index in [1.54, 1.807) is 6.20 Å². The summed E-state index contributed by atoms with van der Waals surface area (Å²) >= 11 is 0. The normalized spacial score (nSPS) is 10.7. The first-order chi connectivity index (χ1) is 10.7. The molecule has 1 aromatic carbocycles. The lowest BCUT2D eigenvalue weighted by Gasteiger charge is -2.10. The van der Waals surface area contributed by atoms with Gasteiger partial charge in [0.1, 0.15) is 5.82 Å². The van der Waals surface area contributed by atoms with Crippen LogP contribution in [0.5, 0.6) is 0 Å². The highest BCUT2D eigenvalue weighted by atomic mass is 15.1. The van der Waals surface area contributed by atoms with Crippen molar-refractivity contribution in [2.75, 3.05) is 17.2 Å². The van der Waals surface area contributed by atoms with Crippen LogP contribution >= 0.6 is 0 Å². The summed E-state index contributed by atoms with van der Waals surface area (Å²) in [6, 6.07) is 10.3. The predicted molar refractivity (Wildman–Crippen MR) is 93.9 cm³/mol. The van der Waals surface area contributed by atoms with Gasteiger partial charge in [-0.2, -0.15) is 4.98 Å². The minimum Gasteiger partial charge on any atom is -0.370 e. The Bertz CT molecular complexity index is 564. The van der Waals surface area contributed by atoms with Crippen molar-refractivity contribution >= 4 is 17.5 Å². The molecule has 0 atom stereocenters. The van der Waals surface area contributed by atoms with Crippen molar-refractivity contribution in [2.45, 2.75) is 46.0 Å². The third-order valence-electron chi connectivity index (χ3n) is 3.58. The average molecular weight is 298 g/mol. The van der Waals surface area contributed by atoms with Crippen LogP contribution in [0, 0.1) is 0 Å². The molecule has 0 amide bonds. The summed E-state index contributed by atoms with van der Waals surface area (Å²) in [7, 11) is 0. The molecule has 0 aliphatic rings. The van der Waals surface area contributed by atoms with Crippen LogP contribution in [0.4, 0.5) is 17.5 Å². The van der Waals surface area contributed by atoms with Gasteiger partial charge in [-0.25, -0.2) is 4.98 Å². The summed E-state index contributed by atoms with van der Waals surface area (Å²) in [5.74, 6) is 2.03. The number of anilines is 3. The van der Waals surface area contributed by atoms with Gasteiger partial charge in [0, 0.05) is 18.4 Å². The van der Waals surface area contributed by atoms with E-state index in [0.717, 1.165) is 18.1 Å². The fourth-order valence-corrected chi connectivity index (χ4v) is 2.19. The summed E-state index contributed by atoms with van der Waals surface area (Å²) in [4.78, 5) is 8.76. The van der Waals surface area contributed by atoms with Crippen LogP contribution in [0.1, 0.15) is 51.5 Å². The molecule has 0 aliphatic heterocycles. The van der Waals surface area contributed by atoms with Gasteiger partial charge in [-0.3, -0.25) is 0 Å². The number of nitrogens with one attached hydrogen (secondary N) is 2. The van der Waals surface area contributed by atoms with Crippen LogP contribution in [0.2, 0.25) is 0 Å². The molecule has 0 unspecified atom stereocenters. The third-order valence-corrected chi connectivity index (χ3v) is 3.58. The van der Waals surface area contributed by atoms with Crippen molar-refractivity contribution < 1.29 is 0 Å². The van der Waals surface area contributed by atoms with E-state index < -0.39 is 0 Å². The Morgan fingerprint density at radius 2 is 1.82 bits per heavy atom. The Balaban J connectivity index is 1.94. The van der Waals surface area contributed by atoms with Gasteiger partial charge in [-0.1, -0.05) is 45.7 Å². The Morgan fingerprint density at radius 1 is 1.05 bits per heavy atom. The molecule has 2 rings (SSSR count). The van der Waals surface area contributed by atoms with E-state index in [2.05, 4.69) is 65.6 Å². The van der Waals surface area contributed by atoms with Crippen molar-refractivity contribution in [2.24, 2.45) is 0 Å². The molecule has 0 bridgehead atoms. The largest absolute Gasteiger partial charge is 0.370 e. The molecule has 2 aromatic rings. The summed E-state index contributed by atoms with van der Waals surface area (Å²) in [6.45, 7) is 7.54. The zero-order valence-corrected chi connectivity index (χ0v) is 13.8. The monoisotopic (exact) mass is 298 g/mol. The molecule has 4 nitrogen and oxygen atoms in total. The number of hydrogen-bond donors (Lipinski definition) is 2. The summed E-state index contributed by atoms with van der Waals surface area (Å²) in [5, 5.41) is 6.59. The van der Waals surface area contributed by atoms with Crippen LogP contribution in [-0.2, 0) is 0 Å². The number of benzene rings is 1. The maximum Gasteiger partial charge on any atom is 0.229 e. The van der Waals surface area contributed by atoms with Crippen molar-refractivity contribution in [3.63, 3.8) is 0 Å². The van der Waals surface area contributed by atoms with Crippen LogP contribution in [0.3, 0.4) is 0 Å². The van der Waals surface area contributed by atoms with Crippen molar-refractivity contribution in [3.05, 3.63) is 42.1 Å². The highest BCUT2D eigenvalue weighted by molar-refractivity contribution is 5.55. The molecule has 0 spiro atoms. The SMILES string of the molecule is CCCCCNc1ccnc(Nc2ccc(C(C)C)cc2)n1. The fraction of sp³-hybridized carbons (Fsp3) is 0.444. The van der Waals surface area contributed by atoms with Crippen LogP contribution in [0.15, 0.2) is 36.5 Å². The highest BCUT2D eigenvalue weighted by Gasteiger charge is 2.02. The quantitative estimate of drug-likeness (QED) is 0.677. The first-order valence-electron chi connectivity index (χ1n) is 8.13. The maximum absolute atomic E-state index is 4.49. The molecule has 0 aliphatic carbocycles. The van der Waals surface area contributed by atoms with Crippen molar-refractivity contribution in [3.8, 4) is 0 Å². The van der Waals surface area contributed by atoms with Crippen LogP contribution in [0.25, 0.3) is 0 Å². The summed E-state index contributed by atoms with van der Waals surface area (Å²) < 4.78 is 0. The Labute approximate surface area is 133 Å². The van der Waals surface area contributed by atoms with E-state index in [9.17, 15) is 0 Å². The first-order valence-corrected chi connectivity index (χ1v) is 8.13. The van der Waals surface area contributed by atoms with Gasteiger partial charge in [0.15, 0.2) is 0 Å². The maximum atomic E-state index is 4.49. The molecular formula is C18H26N4. The van der Waals surface area contributed by atoms with E-state index in [4.69, 9.17) is 0 Å². The molecule has 0 radical (unpaired) electrons. The Hall–Kier alpha value is -2.10. The molecular weight excluding hydrogens is 272 g/mol. The summed E-state index contributed by atoms with van der Waals surface area (Å²) in [6.07, 6.45) is 5.41. The minimum absolute atomic E-state index is 0.543. The number of nitrogens with zero attached hydrogens (tertiary/aromatic N) is 2. The van der Waals surface area contributed by atoms with Gasteiger partial charge in [0.2, 0.25) is 5.95 Å². The fourth-order valence-electron chi connectivity index (χ4n) is 2.19. The molecule has 0 saturated heterocycles. The second-order valence-corrected chi connectivity index (χ2v) is 5.80. The van der Waals surface area contributed by atoms with Crippen molar-refractivity contribution in [1.29, 1.82) is 0 Å². The van der Waals surface area contributed by atoms with Crippen LogP contribution < -0.4 is 10.6 Å². The molecule has 118 valence electrons. The molecule has 1 heterocycles. The molecule has 2 N–H and O–H groups in total. The number of aromatic nitrogens is 2. The van der Waals surface area contributed by atoms with Crippen LogP contribution in [-0.4, -0.2) is 16.5 Å². The van der Waals surface area contributed by atoms with Gasteiger partial charge in [-0.05, 0) is 36.1 Å². The van der Waals surface area contributed by atoms with Gasteiger partial charge < -0.3 is 10.6 Å². The Morgan fingerprint density at radius 3 is 2.50 bits per heavy atom. The van der Waals surface area contributed by atoms with E-state index >= 15 is 0 Å². The molecule has 0 fully saturated rings. The lowest BCUT2D eigenvalue weighted by Crippen LogP contribution is -2.05. The van der Waals surface area contributed by atoms with Gasteiger partial charge in [0.25, 0.3) is 0 Å². The van der Waals surface area contributed by atoms with Gasteiger partial charge in [-0.15, -0.1) is 0 Å². The predicted octanol–water partition coefficient (Wildman–Crippen LogP) is 4.95. The van der Waals surface area contributed by atoms with Gasteiger partial charge in [0.05, 0.1) is 0 Å². The smallest absolute Gasteiger partial charge is 0.229 e. The van der Waals surface area contributed by atoms with E-state index in [-0.39, 0.29) is 0 Å². The number of unbranched alkanes of at least 4 members (excludes halogenated alkanes) is 2.